The molecule has 3 rings (SSSR count). The van der Waals surface area contributed by atoms with Crippen molar-refractivity contribution in [1.29, 1.82) is 0 Å². The van der Waals surface area contributed by atoms with Crippen LogP contribution in [-0.4, -0.2) is 21.1 Å². The first-order chi connectivity index (χ1) is 9.29. The number of fused-ring (bicyclic) bond motifs is 1. The molecule has 0 aliphatic rings. The lowest BCUT2D eigenvalue weighted by molar-refractivity contribution is 0.628. The van der Waals surface area contributed by atoms with Gasteiger partial charge in [-0.15, -0.1) is 21.5 Å². The molecule has 0 saturated heterocycles. The van der Waals surface area contributed by atoms with Crippen LogP contribution < -0.4 is 5.73 Å². The second kappa shape index (κ2) is 5.07. The van der Waals surface area contributed by atoms with Gasteiger partial charge in [0.05, 0.1) is 5.69 Å². The first-order valence-electron chi connectivity index (χ1n) is 6.07. The van der Waals surface area contributed by atoms with Crippen molar-refractivity contribution in [3.63, 3.8) is 0 Å². The van der Waals surface area contributed by atoms with E-state index in [2.05, 4.69) is 10.2 Å². The SMILES string of the molecule is NCCCc1nnc2scc(-c3ccc(F)cc3)n12. The Morgan fingerprint density at radius 3 is 2.74 bits per heavy atom. The number of halogens is 1. The summed E-state index contributed by atoms with van der Waals surface area (Å²) in [5, 5.41) is 10.4. The summed E-state index contributed by atoms with van der Waals surface area (Å²) in [7, 11) is 0. The Morgan fingerprint density at radius 2 is 2.00 bits per heavy atom. The summed E-state index contributed by atoms with van der Waals surface area (Å²) in [5.41, 5.74) is 7.49. The maximum absolute atomic E-state index is 13.0. The van der Waals surface area contributed by atoms with Crippen molar-refractivity contribution in [3.8, 4) is 11.3 Å². The van der Waals surface area contributed by atoms with Gasteiger partial charge in [-0.05, 0) is 42.8 Å². The molecule has 1 aromatic carbocycles. The predicted molar refractivity (Wildman–Crippen MR) is 73.6 cm³/mol. The Balaban J connectivity index is 2.07. The van der Waals surface area contributed by atoms with Crippen LogP contribution in [0.3, 0.4) is 0 Å². The maximum Gasteiger partial charge on any atom is 0.216 e. The first kappa shape index (κ1) is 12.3. The Hall–Kier alpha value is -1.79. The monoisotopic (exact) mass is 276 g/mol. The van der Waals surface area contributed by atoms with Gasteiger partial charge in [0, 0.05) is 11.8 Å². The molecule has 0 spiro atoms. The highest BCUT2D eigenvalue weighted by atomic mass is 32.1. The van der Waals surface area contributed by atoms with Crippen molar-refractivity contribution in [3.05, 3.63) is 41.3 Å². The largest absolute Gasteiger partial charge is 0.330 e. The lowest BCUT2D eigenvalue weighted by atomic mass is 10.1. The summed E-state index contributed by atoms with van der Waals surface area (Å²) >= 11 is 1.53. The van der Waals surface area contributed by atoms with Crippen molar-refractivity contribution >= 4 is 16.3 Å². The molecule has 0 saturated carbocycles. The molecule has 98 valence electrons. The number of aromatic nitrogens is 3. The average molecular weight is 276 g/mol. The molecular formula is C13H13FN4S. The summed E-state index contributed by atoms with van der Waals surface area (Å²) < 4.78 is 15.0. The van der Waals surface area contributed by atoms with Crippen LogP contribution in [0.2, 0.25) is 0 Å². The van der Waals surface area contributed by atoms with E-state index in [9.17, 15) is 4.39 Å². The van der Waals surface area contributed by atoms with E-state index in [4.69, 9.17) is 5.73 Å². The quantitative estimate of drug-likeness (QED) is 0.796. The standard InChI is InChI=1S/C13H13FN4S/c14-10-5-3-9(4-6-10)11-8-19-13-17-16-12(18(11)13)2-1-7-15/h3-6,8H,1-2,7,15H2. The molecule has 0 atom stereocenters. The van der Waals surface area contributed by atoms with Crippen LogP contribution in [0.5, 0.6) is 0 Å². The van der Waals surface area contributed by atoms with Crippen molar-refractivity contribution in [2.24, 2.45) is 5.73 Å². The Morgan fingerprint density at radius 1 is 1.21 bits per heavy atom. The van der Waals surface area contributed by atoms with Gasteiger partial charge in [0.25, 0.3) is 0 Å². The van der Waals surface area contributed by atoms with Gasteiger partial charge in [0.15, 0.2) is 0 Å². The molecule has 0 amide bonds. The van der Waals surface area contributed by atoms with Crippen molar-refractivity contribution in [1.82, 2.24) is 14.6 Å². The topological polar surface area (TPSA) is 56.2 Å². The Bertz CT molecular complexity index is 686. The number of benzene rings is 1. The minimum Gasteiger partial charge on any atom is -0.330 e. The van der Waals surface area contributed by atoms with Gasteiger partial charge in [-0.1, -0.05) is 0 Å². The fourth-order valence-electron chi connectivity index (χ4n) is 2.02. The third-order valence-electron chi connectivity index (χ3n) is 2.96. The van der Waals surface area contributed by atoms with Gasteiger partial charge in [0.2, 0.25) is 4.96 Å². The van der Waals surface area contributed by atoms with Gasteiger partial charge in [-0.2, -0.15) is 0 Å². The van der Waals surface area contributed by atoms with Crippen molar-refractivity contribution in [2.75, 3.05) is 6.54 Å². The number of hydrogen-bond acceptors (Lipinski definition) is 4. The number of rotatable bonds is 4. The lowest BCUT2D eigenvalue weighted by Crippen LogP contribution is -2.03. The summed E-state index contributed by atoms with van der Waals surface area (Å²) in [4.78, 5) is 0.853. The summed E-state index contributed by atoms with van der Waals surface area (Å²) in [6, 6.07) is 6.46. The Kier molecular flexibility index (Phi) is 3.27. The second-order valence-corrected chi connectivity index (χ2v) is 5.09. The molecule has 0 aliphatic carbocycles. The molecule has 2 aromatic heterocycles. The van der Waals surface area contributed by atoms with E-state index >= 15 is 0 Å². The molecule has 0 unspecified atom stereocenters. The third-order valence-corrected chi connectivity index (χ3v) is 3.78. The zero-order valence-corrected chi connectivity index (χ0v) is 11.0. The molecule has 0 radical (unpaired) electrons. The van der Waals surface area contributed by atoms with E-state index in [1.54, 1.807) is 12.1 Å². The summed E-state index contributed by atoms with van der Waals surface area (Å²) in [6.45, 7) is 0.630. The molecule has 2 heterocycles. The van der Waals surface area contributed by atoms with Crippen LogP contribution in [0.25, 0.3) is 16.2 Å². The van der Waals surface area contributed by atoms with Gasteiger partial charge < -0.3 is 5.73 Å². The fourth-order valence-corrected chi connectivity index (χ4v) is 2.88. The number of thiazole rings is 1. The average Bonchev–Trinajstić information content (AvgIpc) is 2.99. The smallest absolute Gasteiger partial charge is 0.216 e. The molecule has 4 nitrogen and oxygen atoms in total. The van der Waals surface area contributed by atoms with Crippen LogP contribution in [0.15, 0.2) is 29.6 Å². The highest BCUT2D eigenvalue weighted by molar-refractivity contribution is 7.15. The van der Waals surface area contributed by atoms with E-state index < -0.39 is 0 Å². The molecule has 3 aromatic rings. The minimum absolute atomic E-state index is 0.234. The van der Waals surface area contributed by atoms with Crippen LogP contribution in [0.1, 0.15) is 12.2 Å². The molecule has 0 bridgehead atoms. The first-order valence-corrected chi connectivity index (χ1v) is 6.95. The van der Waals surface area contributed by atoms with Gasteiger partial charge in [0.1, 0.15) is 11.6 Å². The number of aryl methyl sites for hydroxylation is 1. The van der Waals surface area contributed by atoms with E-state index in [0.717, 1.165) is 34.9 Å². The fraction of sp³-hybridized carbons (Fsp3) is 0.231. The van der Waals surface area contributed by atoms with E-state index in [1.165, 1.54) is 23.5 Å². The highest BCUT2D eigenvalue weighted by Crippen LogP contribution is 2.26. The molecule has 0 aliphatic heterocycles. The molecular weight excluding hydrogens is 263 g/mol. The zero-order chi connectivity index (χ0) is 13.2. The summed E-state index contributed by atoms with van der Waals surface area (Å²) in [6.07, 6.45) is 1.67. The maximum atomic E-state index is 13.0. The van der Waals surface area contributed by atoms with E-state index in [0.29, 0.717) is 6.54 Å². The van der Waals surface area contributed by atoms with Crippen molar-refractivity contribution in [2.45, 2.75) is 12.8 Å². The van der Waals surface area contributed by atoms with Gasteiger partial charge >= 0.3 is 0 Å². The van der Waals surface area contributed by atoms with Crippen LogP contribution in [-0.2, 0) is 6.42 Å². The van der Waals surface area contributed by atoms with E-state index in [-0.39, 0.29) is 5.82 Å². The second-order valence-electron chi connectivity index (χ2n) is 4.25. The zero-order valence-electron chi connectivity index (χ0n) is 10.2. The normalized spacial score (nSPS) is 11.3. The summed E-state index contributed by atoms with van der Waals surface area (Å²) in [5.74, 6) is 0.670. The minimum atomic E-state index is -0.234. The van der Waals surface area contributed by atoms with Crippen LogP contribution in [0, 0.1) is 5.82 Å². The lowest BCUT2D eigenvalue weighted by Gasteiger charge is -2.02. The molecule has 6 heteroatoms. The number of nitrogens with zero attached hydrogens (tertiary/aromatic N) is 3. The highest BCUT2D eigenvalue weighted by Gasteiger charge is 2.12. The molecule has 0 fully saturated rings. The third kappa shape index (κ3) is 2.24. The predicted octanol–water partition coefficient (Wildman–Crippen LogP) is 2.49. The van der Waals surface area contributed by atoms with Gasteiger partial charge in [-0.25, -0.2) is 4.39 Å². The van der Waals surface area contributed by atoms with E-state index in [1.807, 2.05) is 9.78 Å². The van der Waals surface area contributed by atoms with Gasteiger partial charge in [-0.3, -0.25) is 4.40 Å². The van der Waals surface area contributed by atoms with Crippen LogP contribution >= 0.6 is 11.3 Å². The van der Waals surface area contributed by atoms with Crippen LogP contribution in [0.4, 0.5) is 4.39 Å². The molecule has 19 heavy (non-hydrogen) atoms. The number of nitrogens with two attached hydrogens (primary N) is 1. The Labute approximate surface area is 113 Å². The number of hydrogen-bond donors (Lipinski definition) is 1. The van der Waals surface area contributed by atoms with Crippen molar-refractivity contribution < 1.29 is 4.39 Å². The molecule has 2 N–H and O–H groups in total.